The summed E-state index contributed by atoms with van der Waals surface area (Å²) in [6.45, 7) is -0.487. The van der Waals surface area contributed by atoms with Crippen LogP contribution in [-0.4, -0.2) is 38.8 Å². The summed E-state index contributed by atoms with van der Waals surface area (Å²) < 4.78 is 35.3. The SMILES string of the molecule is COc1ccc(NC(=O)C(c2ccc(F)cc2)N(Cc2ccccc2F)C(=O)Cn2nnc3ccccc32)cc1. The summed E-state index contributed by atoms with van der Waals surface area (Å²) >= 11 is 0. The zero-order valence-corrected chi connectivity index (χ0v) is 21.5. The van der Waals surface area contributed by atoms with Gasteiger partial charge in [0.1, 0.15) is 35.5 Å². The van der Waals surface area contributed by atoms with Crippen molar-refractivity contribution in [2.75, 3.05) is 12.4 Å². The van der Waals surface area contributed by atoms with Crippen molar-refractivity contribution in [1.29, 1.82) is 0 Å². The molecule has 40 heavy (non-hydrogen) atoms. The third-order valence-electron chi connectivity index (χ3n) is 6.43. The predicted molar refractivity (Wildman–Crippen MR) is 145 cm³/mol. The van der Waals surface area contributed by atoms with Crippen LogP contribution in [0.4, 0.5) is 14.5 Å². The van der Waals surface area contributed by atoms with Gasteiger partial charge in [-0.2, -0.15) is 0 Å². The lowest BCUT2D eigenvalue weighted by Gasteiger charge is -2.31. The number of hydrogen-bond acceptors (Lipinski definition) is 5. The number of carbonyl (C=O) groups is 2. The first kappa shape index (κ1) is 26.5. The minimum absolute atomic E-state index is 0.212. The molecule has 1 aromatic heterocycles. The molecular formula is C30H25F2N5O3. The van der Waals surface area contributed by atoms with Crippen LogP contribution >= 0.6 is 0 Å². The first-order chi connectivity index (χ1) is 19.4. The van der Waals surface area contributed by atoms with Crippen LogP contribution in [-0.2, 0) is 22.7 Å². The van der Waals surface area contributed by atoms with Crippen LogP contribution in [0.5, 0.6) is 5.75 Å². The van der Waals surface area contributed by atoms with Gasteiger partial charge in [-0.25, -0.2) is 13.5 Å². The Morgan fingerprint density at radius 1 is 0.925 bits per heavy atom. The average Bonchev–Trinajstić information content (AvgIpc) is 3.37. The molecule has 0 spiro atoms. The average molecular weight is 542 g/mol. The summed E-state index contributed by atoms with van der Waals surface area (Å²) in [5.41, 5.74) is 2.24. The number of carbonyl (C=O) groups excluding carboxylic acids is 2. The number of nitrogens with zero attached hydrogens (tertiary/aromatic N) is 4. The maximum Gasteiger partial charge on any atom is 0.251 e. The Morgan fingerprint density at radius 3 is 2.35 bits per heavy atom. The van der Waals surface area contributed by atoms with Crippen LogP contribution in [0.15, 0.2) is 97.1 Å². The van der Waals surface area contributed by atoms with E-state index in [0.717, 1.165) is 0 Å². The van der Waals surface area contributed by atoms with Gasteiger partial charge in [-0.15, -0.1) is 5.10 Å². The smallest absolute Gasteiger partial charge is 0.251 e. The summed E-state index contributed by atoms with van der Waals surface area (Å²) in [7, 11) is 1.53. The second-order valence-electron chi connectivity index (χ2n) is 9.02. The van der Waals surface area contributed by atoms with E-state index in [0.29, 0.717) is 28.0 Å². The fourth-order valence-corrected chi connectivity index (χ4v) is 4.39. The number of aromatic nitrogens is 3. The molecule has 10 heteroatoms. The van der Waals surface area contributed by atoms with Crippen LogP contribution in [0, 0.1) is 11.6 Å². The molecule has 1 atom stereocenters. The molecule has 0 saturated heterocycles. The fraction of sp³-hybridized carbons (Fsp3) is 0.133. The van der Waals surface area contributed by atoms with E-state index in [-0.39, 0.29) is 18.7 Å². The molecule has 1 heterocycles. The highest BCUT2D eigenvalue weighted by Gasteiger charge is 2.33. The maximum absolute atomic E-state index is 14.8. The van der Waals surface area contributed by atoms with E-state index in [1.165, 1.54) is 47.0 Å². The van der Waals surface area contributed by atoms with Crippen LogP contribution in [0.2, 0.25) is 0 Å². The number of amides is 2. The van der Waals surface area contributed by atoms with E-state index in [1.54, 1.807) is 60.7 Å². The van der Waals surface area contributed by atoms with Crippen molar-refractivity contribution >= 4 is 28.5 Å². The van der Waals surface area contributed by atoms with Crippen LogP contribution in [0.25, 0.3) is 11.0 Å². The predicted octanol–water partition coefficient (Wildman–Crippen LogP) is 5.13. The number of benzene rings is 4. The Kier molecular flexibility index (Phi) is 7.77. The van der Waals surface area contributed by atoms with E-state index < -0.39 is 29.5 Å². The summed E-state index contributed by atoms with van der Waals surface area (Å²) in [5.74, 6) is -1.51. The standard InChI is InChI=1S/C30H25F2N5O3/c1-40-24-16-14-23(15-17-24)33-30(39)29(20-10-12-22(31)13-11-20)36(18-21-6-2-3-7-25(21)32)28(38)19-37-27-9-5-4-8-26(27)34-35-37/h2-17,29H,18-19H2,1H3,(H,33,39). The Bertz CT molecular complexity index is 1640. The molecule has 1 unspecified atom stereocenters. The molecule has 4 aromatic carbocycles. The number of fused-ring (bicyclic) bond motifs is 1. The Hall–Kier alpha value is -5.12. The van der Waals surface area contributed by atoms with Crippen molar-refractivity contribution in [2.24, 2.45) is 0 Å². The third kappa shape index (κ3) is 5.80. The van der Waals surface area contributed by atoms with Crippen molar-refractivity contribution in [3.8, 4) is 5.75 Å². The van der Waals surface area contributed by atoms with Gasteiger partial charge in [-0.05, 0) is 60.2 Å². The zero-order chi connectivity index (χ0) is 28.1. The van der Waals surface area contributed by atoms with Crippen molar-refractivity contribution in [1.82, 2.24) is 19.9 Å². The monoisotopic (exact) mass is 541 g/mol. The van der Waals surface area contributed by atoms with Crippen LogP contribution in [0.1, 0.15) is 17.2 Å². The molecule has 0 saturated carbocycles. The number of rotatable bonds is 9. The van der Waals surface area contributed by atoms with Crippen LogP contribution in [0.3, 0.4) is 0 Å². The largest absolute Gasteiger partial charge is 0.497 e. The van der Waals surface area contributed by atoms with Crippen LogP contribution < -0.4 is 10.1 Å². The molecule has 0 fully saturated rings. The number of methoxy groups -OCH3 is 1. The van der Waals surface area contributed by atoms with Gasteiger partial charge >= 0.3 is 0 Å². The molecule has 0 aliphatic carbocycles. The molecule has 5 rings (SSSR count). The summed E-state index contributed by atoms with van der Waals surface area (Å²) in [5, 5.41) is 11.0. The molecule has 2 amide bonds. The lowest BCUT2D eigenvalue weighted by molar-refractivity contribution is -0.140. The Labute approximate surface area is 228 Å². The van der Waals surface area contributed by atoms with E-state index in [2.05, 4.69) is 15.6 Å². The lowest BCUT2D eigenvalue weighted by atomic mass is 10.0. The van der Waals surface area contributed by atoms with E-state index >= 15 is 0 Å². The van der Waals surface area contributed by atoms with Gasteiger partial charge in [0, 0.05) is 17.8 Å². The van der Waals surface area contributed by atoms with Gasteiger partial charge in [-0.3, -0.25) is 9.59 Å². The fourth-order valence-electron chi connectivity index (χ4n) is 4.39. The van der Waals surface area contributed by atoms with Gasteiger partial charge in [0.15, 0.2) is 0 Å². The second kappa shape index (κ2) is 11.7. The molecule has 0 aliphatic rings. The summed E-state index contributed by atoms with van der Waals surface area (Å²) in [4.78, 5) is 29.0. The topological polar surface area (TPSA) is 89.4 Å². The summed E-state index contributed by atoms with van der Waals surface area (Å²) in [6.07, 6.45) is 0. The molecule has 1 N–H and O–H groups in total. The zero-order valence-electron chi connectivity index (χ0n) is 21.5. The minimum Gasteiger partial charge on any atom is -0.497 e. The number of ether oxygens (including phenoxy) is 1. The first-order valence-electron chi connectivity index (χ1n) is 12.4. The molecular weight excluding hydrogens is 516 g/mol. The molecule has 0 aliphatic heterocycles. The highest BCUT2D eigenvalue weighted by molar-refractivity contribution is 5.98. The Morgan fingerprint density at radius 2 is 1.62 bits per heavy atom. The number of anilines is 1. The van der Waals surface area contributed by atoms with E-state index in [1.807, 2.05) is 6.07 Å². The Balaban J connectivity index is 1.55. The lowest BCUT2D eigenvalue weighted by Crippen LogP contribution is -2.42. The quantitative estimate of drug-likeness (QED) is 0.280. The van der Waals surface area contributed by atoms with Crippen molar-refractivity contribution in [3.05, 3.63) is 120 Å². The number of hydrogen-bond donors (Lipinski definition) is 1. The van der Waals surface area contributed by atoms with E-state index in [4.69, 9.17) is 4.74 Å². The van der Waals surface area contributed by atoms with E-state index in [9.17, 15) is 18.4 Å². The van der Waals surface area contributed by atoms with Gasteiger partial charge in [0.2, 0.25) is 5.91 Å². The molecule has 202 valence electrons. The van der Waals surface area contributed by atoms with Gasteiger partial charge in [-0.1, -0.05) is 47.7 Å². The molecule has 5 aromatic rings. The van der Waals surface area contributed by atoms with Gasteiger partial charge in [0.25, 0.3) is 5.91 Å². The molecule has 8 nitrogen and oxygen atoms in total. The highest BCUT2D eigenvalue weighted by atomic mass is 19.1. The highest BCUT2D eigenvalue weighted by Crippen LogP contribution is 2.28. The second-order valence-corrected chi connectivity index (χ2v) is 9.02. The normalized spacial score (nSPS) is 11.7. The maximum atomic E-state index is 14.8. The van der Waals surface area contributed by atoms with Crippen molar-refractivity contribution in [3.63, 3.8) is 0 Å². The number of nitrogens with one attached hydrogen (secondary N) is 1. The third-order valence-corrected chi connectivity index (χ3v) is 6.43. The molecule has 0 bridgehead atoms. The van der Waals surface area contributed by atoms with Crippen molar-refractivity contribution in [2.45, 2.75) is 19.1 Å². The number of halogens is 2. The van der Waals surface area contributed by atoms with Gasteiger partial charge in [0.05, 0.1) is 12.6 Å². The van der Waals surface area contributed by atoms with Crippen molar-refractivity contribution < 1.29 is 23.1 Å². The first-order valence-corrected chi connectivity index (χ1v) is 12.4. The molecule has 0 radical (unpaired) electrons. The minimum atomic E-state index is -1.23. The van der Waals surface area contributed by atoms with Gasteiger partial charge < -0.3 is 15.0 Å². The summed E-state index contributed by atoms with van der Waals surface area (Å²) in [6, 6.07) is 23.9. The number of para-hydroxylation sites is 1.